The third-order valence-corrected chi connectivity index (χ3v) is 3.72. The van der Waals surface area contributed by atoms with Crippen molar-refractivity contribution >= 4 is 0 Å². The Kier molecular flexibility index (Phi) is 2.89. The fourth-order valence-corrected chi connectivity index (χ4v) is 2.79. The molecule has 2 aliphatic rings. The maximum absolute atomic E-state index is 9.54. The second-order valence-corrected chi connectivity index (χ2v) is 4.63. The number of hydrogen-bond donors (Lipinski definition) is 1. The number of β-amino-alcohol motifs (C(OH)–C–C–N with tert-alkyl or cyclic N) is 1. The quantitative estimate of drug-likeness (QED) is 0.719. The van der Waals surface area contributed by atoms with Gasteiger partial charge in [0.25, 0.3) is 0 Å². The van der Waals surface area contributed by atoms with Crippen molar-refractivity contribution in [1.82, 2.24) is 4.90 Å². The highest BCUT2D eigenvalue weighted by Gasteiger charge is 2.40. The van der Waals surface area contributed by atoms with Gasteiger partial charge in [0.2, 0.25) is 0 Å². The van der Waals surface area contributed by atoms with Gasteiger partial charge in [0, 0.05) is 19.1 Å². The van der Waals surface area contributed by atoms with E-state index < -0.39 is 0 Å². The van der Waals surface area contributed by atoms with Gasteiger partial charge in [-0.2, -0.15) is 0 Å². The van der Waals surface area contributed by atoms with Crippen LogP contribution in [0.1, 0.15) is 39.0 Å². The van der Waals surface area contributed by atoms with Crippen molar-refractivity contribution in [2.75, 3.05) is 13.1 Å². The van der Waals surface area contributed by atoms with Crippen molar-refractivity contribution in [3.8, 4) is 0 Å². The predicted octanol–water partition coefficient (Wildman–Crippen LogP) is 1.63. The summed E-state index contributed by atoms with van der Waals surface area (Å²) in [6.45, 7) is 4.22. The lowest BCUT2D eigenvalue weighted by Crippen LogP contribution is -2.59. The van der Waals surface area contributed by atoms with E-state index in [1.165, 1.54) is 32.2 Å². The summed E-state index contributed by atoms with van der Waals surface area (Å²) in [5, 5.41) is 9.54. The third-order valence-electron chi connectivity index (χ3n) is 3.72. The van der Waals surface area contributed by atoms with Gasteiger partial charge in [-0.3, -0.25) is 4.90 Å². The van der Waals surface area contributed by atoms with Crippen LogP contribution in [0.25, 0.3) is 0 Å². The zero-order valence-corrected chi connectivity index (χ0v) is 8.58. The number of likely N-dealkylation sites (tertiary alicyclic amines) is 1. The van der Waals surface area contributed by atoms with Gasteiger partial charge in [0.1, 0.15) is 0 Å². The molecular formula is C11H21NO. The van der Waals surface area contributed by atoms with Gasteiger partial charge in [0.15, 0.2) is 0 Å². The normalized spacial score (nSPS) is 36.5. The van der Waals surface area contributed by atoms with Crippen LogP contribution in [0.5, 0.6) is 0 Å². The molecular weight excluding hydrogens is 162 g/mol. The molecule has 0 unspecified atom stereocenters. The summed E-state index contributed by atoms with van der Waals surface area (Å²) in [5.74, 6) is 0.970. The molecule has 3 atom stereocenters. The van der Waals surface area contributed by atoms with E-state index in [2.05, 4.69) is 11.8 Å². The van der Waals surface area contributed by atoms with Crippen LogP contribution in [-0.4, -0.2) is 35.2 Å². The van der Waals surface area contributed by atoms with Gasteiger partial charge in [-0.25, -0.2) is 0 Å². The maximum Gasteiger partial charge on any atom is 0.0664 e. The lowest BCUT2D eigenvalue weighted by Gasteiger charge is -2.51. The average molecular weight is 183 g/mol. The van der Waals surface area contributed by atoms with Crippen LogP contribution >= 0.6 is 0 Å². The SMILES string of the molecule is CC[C@@H](O)CN1C[C@H]2CCCC[C@H]21. The molecule has 2 heteroatoms. The van der Waals surface area contributed by atoms with Gasteiger partial charge < -0.3 is 5.11 Å². The van der Waals surface area contributed by atoms with Gasteiger partial charge in [-0.15, -0.1) is 0 Å². The molecule has 0 aromatic carbocycles. The Morgan fingerprint density at radius 3 is 2.85 bits per heavy atom. The highest BCUT2D eigenvalue weighted by atomic mass is 16.3. The van der Waals surface area contributed by atoms with Crippen LogP contribution < -0.4 is 0 Å². The Labute approximate surface area is 80.9 Å². The van der Waals surface area contributed by atoms with E-state index in [4.69, 9.17) is 0 Å². The van der Waals surface area contributed by atoms with E-state index in [9.17, 15) is 5.11 Å². The number of aliphatic hydroxyl groups is 1. The van der Waals surface area contributed by atoms with Gasteiger partial charge in [-0.1, -0.05) is 19.8 Å². The Balaban J connectivity index is 1.77. The molecule has 0 bridgehead atoms. The number of rotatable bonds is 3. The number of aliphatic hydroxyl groups excluding tert-OH is 1. The molecule has 1 saturated heterocycles. The highest BCUT2D eigenvalue weighted by molar-refractivity contribution is 4.94. The van der Waals surface area contributed by atoms with Crippen molar-refractivity contribution in [2.24, 2.45) is 5.92 Å². The molecule has 76 valence electrons. The number of nitrogens with zero attached hydrogens (tertiary/aromatic N) is 1. The van der Waals surface area contributed by atoms with Gasteiger partial charge in [0.05, 0.1) is 6.10 Å². The maximum atomic E-state index is 9.54. The molecule has 0 aromatic rings. The smallest absolute Gasteiger partial charge is 0.0664 e. The summed E-state index contributed by atoms with van der Waals surface area (Å²) >= 11 is 0. The van der Waals surface area contributed by atoms with Crippen molar-refractivity contribution in [3.63, 3.8) is 0 Å². The Bertz CT molecular complexity index is 171. The topological polar surface area (TPSA) is 23.5 Å². The van der Waals surface area contributed by atoms with E-state index in [0.29, 0.717) is 0 Å². The minimum atomic E-state index is -0.0946. The van der Waals surface area contributed by atoms with E-state index >= 15 is 0 Å². The van der Waals surface area contributed by atoms with Gasteiger partial charge >= 0.3 is 0 Å². The molecule has 0 spiro atoms. The average Bonchev–Trinajstić information content (AvgIpc) is 2.14. The Hall–Kier alpha value is -0.0800. The first-order valence-corrected chi connectivity index (χ1v) is 5.73. The van der Waals surface area contributed by atoms with Crippen LogP contribution in [0, 0.1) is 5.92 Å². The van der Waals surface area contributed by atoms with Crippen LogP contribution in [0.3, 0.4) is 0 Å². The predicted molar refractivity (Wildman–Crippen MR) is 53.6 cm³/mol. The molecule has 1 aliphatic carbocycles. The Morgan fingerprint density at radius 1 is 1.38 bits per heavy atom. The van der Waals surface area contributed by atoms with Crippen molar-refractivity contribution in [3.05, 3.63) is 0 Å². The van der Waals surface area contributed by atoms with Crippen LogP contribution in [0.4, 0.5) is 0 Å². The molecule has 13 heavy (non-hydrogen) atoms. The van der Waals surface area contributed by atoms with Crippen LogP contribution in [0.15, 0.2) is 0 Å². The molecule has 1 N–H and O–H groups in total. The number of hydrogen-bond acceptors (Lipinski definition) is 2. The summed E-state index contributed by atoms with van der Waals surface area (Å²) in [4.78, 5) is 2.48. The molecule has 2 nitrogen and oxygen atoms in total. The summed E-state index contributed by atoms with van der Waals surface area (Å²) in [6.07, 6.45) is 6.45. The summed E-state index contributed by atoms with van der Waals surface area (Å²) in [7, 11) is 0. The zero-order chi connectivity index (χ0) is 9.26. The lowest BCUT2D eigenvalue weighted by molar-refractivity contribution is -0.0417. The molecule has 0 amide bonds. The van der Waals surface area contributed by atoms with Crippen LogP contribution in [0.2, 0.25) is 0 Å². The Morgan fingerprint density at radius 2 is 2.15 bits per heavy atom. The molecule has 1 saturated carbocycles. The van der Waals surface area contributed by atoms with E-state index in [0.717, 1.165) is 24.9 Å². The lowest BCUT2D eigenvalue weighted by atomic mass is 9.77. The molecule has 0 radical (unpaired) electrons. The minimum absolute atomic E-state index is 0.0946. The van der Waals surface area contributed by atoms with E-state index in [1.54, 1.807) is 0 Å². The monoisotopic (exact) mass is 183 g/mol. The molecule has 0 aromatic heterocycles. The first-order valence-electron chi connectivity index (χ1n) is 5.73. The number of fused-ring (bicyclic) bond motifs is 1. The molecule has 1 heterocycles. The standard InChI is InChI=1S/C11H21NO/c1-2-10(13)8-12-7-9-5-3-4-6-11(9)12/h9-11,13H,2-8H2,1H3/t9-,10-,11-/m1/s1. The first-order chi connectivity index (χ1) is 6.31. The second kappa shape index (κ2) is 3.97. The van der Waals surface area contributed by atoms with Gasteiger partial charge in [-0.05, 0) is 25.2 Å². The summed E-state index contributed by atoms with van der Waals surface area (Å²) < 4.78 is 0. The molecule has 2 fully saturated rings. The van der Waals surface area contributed by atoms with Crippen LogP contribution in [-0.2, 0) is 0 Å². The van der Waals surface area contributed by atoms with E-state index in [-0.39, 0.29) is 6.10 Å². The van der Waals surface area contributed by atoms with E-state index in [1.807, 2.05) is 0 Å². The van der Waals surface area contributed by atoms with Crippen molar-refractivity contribution in [2.45, 2.75) is 51.2 Å². The first kappa shape index (κ1) is 9.47. The van der Waals surface area contributed by atoms with Crippen molar-refractivity contribution < 1.29 is 5.11 Å². The van der Waals surface area contributed by atoms with Crippen molar-refractivity contribution in [1.29, 1.82) is 0 Å². The third kappa shape index (κ3) is 1.89. The molecule has 1 aliphatic heterocycles. The second-order valence-electron chi connectivity index (χ2n) is 4.63. The summed E-state index contributed by atoms with van der Waals surface area (Å²) in [5.41, 5.74) is 0. The largest absolute Gasteiger partial charge is 0.392 e. The minimum Gasteiger partial charge on any atom is -0.392 e. The zero-order valence-electron chi connectivity index (χ0n) is 8.58. The fraction of sp³-hybridized carbons (Fsp3) is 1.00. The highest BCUT2D eigenvalue weighted by Crippen LogP contribution is 2.36. The summed E-state index contributed by atoms with van der Waals surface area (Å²) in [6, 6.07) is 0.829. The fourth-order valence-electron chi connectivity index (χ4n) is 2.79. The molecule has 2 rings (SSSR count).